The molecule has 1 aliphatic heterocycles. The molecule has 5 rings (SSSR count). The summed E-state index contributed by atoms with van der Waals surface area (Å²) in [6, 6.07) is 18.0. The van der Waals surface area contributed by atoms with Crippen molar-refractivity contribution in [3.05, 3.63) is 83.8 Å². The molecule has 1 aliphatic rings. The van der Waals surface area contributed by atoms with Gasteiger partial charge in [-0.2, -0.15) is 0 Å². The number of aromatic nitrogens is 4. The Balaban J connectivity index is 1.37. The van der Waals surface area contributed by atoms with Crippen molar-refractivity contribution < 1.29 is 4.79 Å². The SMILES string of the molecule is CC(C)(C)c1ccc(C(=O)Nc2cn3nc(N4CCCCCC4c4ccccn4)ccc3n2)cc1. The highest BCUT2D eigenvalue weighted by atomic mass is 16.1. The number of pyridine rings is 1. The number of carbonyl (C=O) groups excluding carboxylic acids is 1. The Labute approximate surface area is 206 Å². The van der Waals surface area contributed by atoms with Crippen LogP contribution in [0.2, 0.25) is 0 Å². The lowest BCUT2D eigenvalue weighted by Crippen LogP contribution is -2.30. The Hall–Kier alpha value is -3.74. The maximum Gasteiger partial charge on any atom is 0.256 e. The standard InChI is InChI=1S/C28H32N6O/c1-28(2,3)21-13-11-20(12-14-21)27(35)31-24-19-34-25(30-24)15-16-26(32-34)33-18-8-4-5-10-23(33)22-9-6-7-17-29-22/h6-7,9,11-17,19,23H,4-5,8,10,18H2,1-3H3,(H,31,35). The van der Waals surface area contributed by atoms with E-state index in [-0.39, 0.29) is 17.4 Å². The van der Waals surface area contributed by atoms with Crippen LogP contribution in [0.1, 0.15) is 74.1 Å². The molecule has 3 aromatic heterocycles. The monoisotopic (exact) mass is 468 g/mol. The first kappa shape index (κ1) is 23.0. The van der Waals surface area contributed by atoms with Crippen LogP contribution >= 0.6 is 0 Å². The van der Waals surface area contributed by atoms with Gasteiger partial charge in [0.15, 0.2) is 11.5 Å². The van der Waals surface area contributed by atoms with E-state index < -0.39 is 0 Å². The van der Waals surface area contributed by atoms with Crippen molar-refractivity contribution in [2.45, 2.75) is 57.9 Å². The lowest BCUT2D eigenvalue weighted by atomic mass is 9.87. The Morgan fingerprint density at radius 3 is 2.57 bits per heavy atom. The van der Waals surface area contributed by atoms with Crippen LogP contribution < -0.4 is 10.2 Å². The van der Waals surface area contributed by atoms with Gasteiger partial charge < -0.3 is 10.2 Å². The number of nitrogens with one attached hydrogen (secondary N) is 1. The van der Waals surface area contributed by atoms with E-state index in [1.807, 2.05) is 54.7 Å². The molecule has 1 amide bonds. The number of carbonyl (C=O) groups is 1. The first-order valence-electron chi connectivity index (χ1n) is 12.3. The van der Waals surface area contributed by atoms with Gasteiger partial charge in [-0.3, -0.25) is 9.78 Å². The van der Waals surface area contributed by atoms with Crippen molar-refractivity contribution in [2.24, 2.45) is 0 Å². The lowest BCUT2D eigenvalue weighted by Gasteiger charge is -2.30. The largest absolute Gasteiger partial charge is 0.347 e. The number of fused-ring (bicyclic) bond motifs is 1. The van der Waals surface area contributed by atoms with Gasteiger partial charge in [0.1, 0.15) is 5.82 Å². The van der Waals surface area contributed by atoms with Gasteiger partial charge in [-0.25, -0.2) is 9.50 Å². The molecule has 0 radical (unpaired) electrons. The molecule has 1 atom stereocenters. The maximum atomic E-state index is 12.8. The van der Waals surface area contributed by atoms with Crippen LogP contribution in [-0.4, -0.2) is 32.0 Å². The van der Waals surface area contributed by atoms with Crippen molar-refractivity contribution in [1.82, 2.24) is 19.6 Å². The molecule has 1 unspecified atom stereocenters. The van der Waals surface area contributed by atoms with Gasteiger partial charge in [0.05, 0.1) is 17.9 Å². The highest BCUT2D eigenvalue weighted by molar-refractivity contribution is 6.03. The summed E-state index contributed by atoms with van der Waals surface area (Å²) in [5.74, 6) is 1.19. The second-order valence-electron chi connectivity index (χ2n) is 10.2. The predicted molar refractivity (Wildman–Crippen MR) is 139 cm³/mol. The van der Waals surface area contributed by atoms with Gasteiger partial charge in [-0.15, -0.1) is 5.10 Å². The summed E-state index contributed by atoms with van der Waals surface area (Å²) in [6.45, 7) is 7.40. The number of rotatable bonds is 4. The summed E-state index contributed by atoms with van der Waals surface area (Å²) in [7, 11) is 0. The van der Waals surface area contributed by atoms with Gasteiger partial charge in [0.2, 0.25) is 0 Å². The average Bonchev–Trinajstić information content (AvgIpc) is 3.09. The molecule has 4 aromatic rings. The smallest absolute Gasteiger partial charge is 0.256 e. The van der Waals surface area contributed by atoms with Crippen molar-refractivity contribution in [3.8, 4) is 0 Å². The number of nitrogens with zero attached hydrogens (tertiary/aromatic N) is 5. The summed E-state index contributed by atoms with van der Waals surface area (Å²) in [4.78, 5) is 24.3. The number of amides is 1. The highest BCUT2D eigenvalue weighted by Gasteiger charge is 2.25. The Morgan fingerprint density at radius 2 is 1.83 bits per heavy atom. The number of imidazole rings is 1. The topological polar surface area (TPSA) is 75.4 Å². The van der Waals surface area contributed by atoms with Crippen LogP contribution in [0.15, 0.2) is 67.0 Å². The zero-order chi connectivity index (χ0) is 24.4. The zero-order valence-corrected chi connectivity index (χ0v) is 20.6. The molecule has 1 aromatic carbocycles. The van der Waals surface area contributed by atoms with E-state index in [1.165, 1.54) is 18.4 Å². The molecular formula is C28H32N6O. The van der Waals surface area contributed by atoms with E-state index in [0.29, 0.717) is 17.0 Å². The van der Waals surface area contributed by atoms with Gasteiger partial charge in [0.25, 0.3) is 5.91 Å². The van der Waals surface area contributed by atoms with Crippen LogP contribution in [0.5, 0.6) is 0 Å². The average molecular weight is 469 g/mol. The minimum atomic E-state index is -0.183. The first-order valence-corrected chi connectivity index (χ1v) is 12.3. The van der Waals surface area contributed by atoms with Crippen molar-refractivity contribution in [3.63, 3.8) is 0 Å². The summed E-state index contributed by atoms with van der Waals surface area (Å²) in [6.07, 6.45) is 8.20. The second-order valence-corrected chi connectivity index (χ2v) is 10.2. The summed E-state index contributed by atoms with van der Waals surface area (Å²) >= 11 is 0. The van der Waals surface area contributed by atoms with Gasteiger partial charge in [0, 0.05) is 18.3 Å². The summed E-state index contributed by atoms with van der Waals surface area (Å²) in [5.41, 5.74) is 3.61. The third-order valence-electron chi connectivity index (χ3n) is 6.64. The van der Waals surface area contributed by atoms with Crippen LogP contribution in [0.25, 0.3) is 5.65 Å². The third-order valence-corrected chi connectivity index (χ3v) is 6.64. The molecule has 7 heteroatoms. The van der Waals surface area contributed by atoms with Crippen LogP contribution in [0, 0.1) is 0 Å². The fourth-order valence-electron chi connectivity index (χ4n) is 4.66. The predicted octanol–water partition coefficient (Wildman–Crippen LogP) is 5.80. The van der Waals surface area contributed by atoms with E-state index >= 15 is 0 Å². The molecule has 0 saturated carbocycles. The third kappa shape index (κ3) is 5.04. The maximum absolute atomic E-state index is 12.8. The second kappa shape index (κ2) is 9.49. The quantitative estimate of drug-likeness (QED) is 0.410. The molecule has 1 N–H and O–H groups in total. The van der Waals surface area contributed by atoms with E-state index in [1.54, 1.807) is 10.7 Å². The normalized spacial score (nSPS) is 16.8. The molecule has 1 fully saturated rings. The van der Waals surface area contributed by atoms with Gasteiger partial charge in [-0.1, -0.05) is 51.8 Å². The lowest BCUT2D eigenvalue weighted by molar-refractivity contribution is 0.102. The number of benzene rings is 1. The minimum Gasteiger partial charge on any atom is -0.347 e. The molecule has 0 aliphatic carbocycles. The van der Waals surface area contributed by atoms with Crippen molar-refractivity contribution in [1.29, 1.82) is 0 Å². The minimum absolute atomic E-state index is 0.0446. The van der Waals surface area contributed by atoms with Crippen LogP contribution in [-0.2, 0) is 5.41 Å². The van der Waals surface area contributed by atoms with Crippen molar-refractivity contribution >= 4 is 23.2 Å². The van der Waals surface area contributed by atoms with E-state index in [4.69, 9.17) is 5.10 Å². The highest BCUT2D eigenvalue weighted by Crippen LogP contribution is 2.32. The molecular weight excluding hydrogens is 436 g/mol. The molecule has 7 nitrogen and oxygen atoms in total. The Kier molecular flexibility index (Phi) is 6.24. The summed E-state index contributed by atoms with van der Waals surface area (Å²) < 4.78 is 1.74. The fraction of sp³-hybridized carbons (Fsp3) is 0.357. The molecule has 1 saturated heterocycles. The van der Waals surface area contributed by atoms with Gasteiger partial charge in [-0.05, 0) is 60.2 Å². The number of hydrogen-bond donors (Lipinski definition) is 1. The summed E-state index contributed by atoms with van der Waals surface area (Å²) in [5, 5.41) is 7.77. The zero-order valence-electron chi connectivity index (χ0n) is 20.6. The Morgan fingerprint density at radius 1 is 1.00 bits per heavy atom. The van der Waals surface area contributed by atoms with Crippen LogP contribution in [0.3, 0.4) is 0 Å². The first-order chi connectivity index (χ1) is 16.9. The number of anilines is 2. The number of hydrogen-bond acceptors (Lipinski definition) is 5. The molecule has 35 heavy (non-hydrogen) atoms. The fourth-order valence-corrected chi connectivity index (χ4v) is 4.66. The van der Waals surface area contributed by atoms with E-state index in [9.17, 15) is 4.79 Å². The van der Waals surface area contributed by atoms with E-state index in [0.717, 1.165) is 30.9 Å². The van der Waals surface area contributed by atoms with E-state index in [2.05, 4.69) is 47.0 Å². The molecule has 180 valence electrons. The molecule has 0 spiro atoms. The van der Waals surface area contributed by atoms with Crippen LogP contribution in [0.4, 0.5) is 11.6 Å². The molecule has 4 heterocycles. The van der Waals surface area contributed by atoms with Crippen molar-refractivity contribution in [2.75, 3.05) is 16.8 Å². The Bertz CT molecular complexity index is 1310. The van der Waals surface area contributed by atoms with Gasteiger partial charge >= 0.3 is 0 Å². The molecule has 0 bridgehead atoms.